The minimum atomic E-state index is -2.13. The molecule has 8 heteroatoms. The predicted octanol–water partition coefficient (Wildman–Crippen LogP) is 2.98. The van der Waals surface area contributed by atoms with Crippen LogP contribution in [0.1, 0.15) is 6.42 Å². The van der Waals surface area contributed by atoms with E-state index in [2.05, 4.69) is 52.4 Å². The van der Waals surface area contributed by atoms with Crippen molar-refractivity contribution in [3.05, 3.63) is 0 Å². The molecule has 0 radical (unpaired) electrons. The topological polar surface area (TPSA) is 53.7 Å². The fourth-order valence-electron chi connectivity index (χ4n) is 2.08. The van der Waals surface area contributed by atoms with E-state index < -0.39 is 34.5 Å². The summed E-state index contributed by atoms with van der Waals surface area (Å²) in [6.07, 6.45) is 0.973. The Bertz CT molecular complexity index is 268. The lowest BCUT2D eigenvalue weighted by Crippen LogP contribution is -2.52. The van der Waals surface area contributed by atoms with Crippen LogP contribution in [0.5, 0.6) is 0 Å². The van der Waals surface area contributed by atoms with Crippen molar-refractivity contribution in [2.24, 2.45) is 5.73 Å². The summed E-state index contributed by atoms with van der Waals surface area (Å²) in [6, 6.07) is 0.972. The summed E-state index contributed by atoms with van der Waals surface area (Å²) in [7, 11) is -6.85. The van der Waals surface area contributed by atoms with Crippen LogP contribution in [0.4, 0.5) is 0 Å². The third-order valence-electron chi connectivity index (χ3n) is 2.29. The molecule has 0 aliphatic heterocycles. The van der Waals surface area contributed by atoms with Gasteiger partial charge in [-0.15, -0.1) is 0 Å². The summed E-state index contributed by atoms with van der Waals surface area (Å²) in [5, 5.41) is 0. The van der Waals surface area contributed by atoms with Crippen LogP contribution in [0.2, 0.25) is 58.4 Å². The fourth-order valence-corrected chi connectivity index (χ4v) is 17.0. The predicted molar refractivity (Wildman–Crippen MR) is 93.1 cm³/mol. The zero-order chi connectivity index (χ0) is 15.3. The van der Waals surface area contributed by atoms with Gasteiger partial charge in [-0.25, -0.2) is 0 Å². The van der Waals surface area contributed by atoms with Gasteiger partial charge in [0.25, 0.3) is 9.28 Å². The second-order valence-corrected chi connectivity index (χ2v) is 22.2. The molecule has 19 heavy (non-hydrogen) atoms. The lowest BCUT2D eigenvalue weighted by Gasteiger charge is -2.37. The summed E-state index contributed by atoms with van der Waals surface area (Å²) in [6.45, 7) is 18.3. The molecular weight excluding hydrogens is 306 g/mol. The molecule has 0 aliphatic rings. The molecule has 0 rings (SSSR count). The first kappa shape index (κ1) is 19.7. The maximum absolute atomic E-state index is 6.38. The standard InChI is InChI=1S/C11H33NO3Si4/c1-16(13-17(2,3)4)14-19(8,11-9-10-12)15-18(5,6)7/h16H,9-12H2,1-8H3. The highest BCUT2D eigenvalue weighted by molar-refractivity contribution is 6.85. The molecule has 0 aromatic rings. The van der Waals surface area contributed by atoms with Crippen LogP contribution in [0.15, 0.2) is 0 Å². The third-order valence-corrected chi connectivity index (χ3v) is 15.2. The van der Waals surface area contributed by atoms with E-state index in [-0.39, 0.29) is 0 Å². The SMILES string of the molecule is C[SiH](O[Si](C)(C)C)O[Si](C)(CCCN)O[Si](C)(C)C. The van der Waals surface area contributed by atoms with Gasteiger partial charge in [0.05, 0.1) is 0 Å². The van der Waals surface area contributed by atoms with Crippen LogP contribution in [0, 0.1) is 0 Å². The Kier molecular flexibility index (Phi) is 7.93. The Labute approximate surface area is 124 Å². The molecule has 4 nitrogen and oxygen atoms in total. The van der Waals surface area contributed by atoms with E-state index in [0.717, 1.165) is 12.5 Å². The van der Waals surface area contributed by atoms with Crippen molar-refractivity contribution in [3.63, 3.8) is 0 Å². The maximum Gasteiger partial charge on any atom is 0.315 e. The summed E-state index contributed by atoms with van der Waals surface area (Å²) in [4.78, 5) is 0. The monoisotopic (exact) mass is 339 g/mol. The van der Waals surface area contributed by atoms with Crippen LogP contribution in [0.3, 0.4) is 0 Å². The van der Waals surface area contributed by atoms with Gasteiger partial charge < -0.3 is 18.1 Å². The van der Waals surface area contributed by atoms with Crippen molar-refractivity contribution in [1.29, 1.82) is 0 Å². The molecule has 0 heterocycles. The van der Waals surface area contributed by atoms with Gasteiger partial charge in [0, 0.05) is 0 Å². The molecule has 2 N–H and O–H groups in total. The molecule has 0 aromatic carbocycles. The molecule has 0 saturated carbocycles. The van der Waals surface area contributed by atoms with Crippen LogP contribution in [-0.2, 0) is 12.3 Å². The van der Waals surface area contributed by atoms with Gasteiger partial charge in [-0.3, -0.25) is 0 Å². The molecule has 0 spiro atoms. The van der Waals surface area contributed by atoms with Crippen molar-refractivity contribution >= 4 is 34.5 Å². The van der Waals surface area contributed by atoms with Gasteiger partial charge >= 0.3 is 8.56 Å². The summed E-state index contributed by atoms with van der Waals surface area (Å²) < 4.78 is 18.8. The van der Waals surface area contributed by atoms with Crippen LogP contribution in [-0.4, -0.2) is 41.0 Å². The zero-order valence-corrected chi connectivity index (χ0v) is 18.2. The van der Waals surface area contributed by atoms with Crippen molar-refractivity contribution in [2.45, 2.75) is 64.8 Å². The Morgan fingerprint density at radius 3 is 1.79 bits per heavy atom. The molecule has 0 bridgehead atoms. The largest absolute Gasteiger partial charge is 0.439 e. The Morgan fingerprint density at radius 1 is 0.895 bits per heavy atom. The molecule has 116 valence electrons. The quantitative estimate of drug-likeness (QED) is 0.656. The molecule has 0 aromatic heterocycles. The highest BCUT2D eigenvalue weighted by Gasteiger charge is 2.38. The Balaban J connectivity index is 4.66. The van der Waals surface area contributed by atoms with Crippen molar-refractivity contribution in [2.75, 3.05) is 6.54 Å². The lowest BCUT2D eigenvalue weighted by molar-refractivity contribution is 0.342. The van der Waals surface area contributed by atoms with E-state index in [9.17, 15) is 0 Å². The van der Waals surface area contributed by atoms with Crippen LogP contribution < -0.4 is 5.73 Å². The van der Waals surface area contributed by atoms with E-state index >= 15 is 0 Å². The average molecular weight is 340 g/mol. The number of rotatable bonds is 9. The second-order valence-electron chi connectivity index (χ2n) is 7.16. The van der Waals surface area contributed by atoms with Crippen molar-refractivity contribution in [3.8, 4) is 0 Å². The Hall–Kier alpha value is 0.708. The van der Waals surface area contributed by atoms with Gasteiger partial charge in [-0.2, -0.15) is 0 Å². The van der Waals surface area contributed by atoms with Gasteiger partial charge in [-0.1, -0.05) is 0 Å². The first-order chi connectivity index (χ1) is 8.37. The first-order valence-corrected chi connectivity index (χ1v) is 18.6. The number of nitrogens with two attached hydrogens (primary N) is 1. The van der Waals surface area contributed by atoms with Gasteiger partial charge in [0.15, 0.2) is 16.6 Å². The van der Waals surface area contributed by atoms with Crippen molar-refractivity contribution in [1.82, 2.24) is 0 Å². The molecule has 2 unspecified atom stereocenters. The van der Waals surface area contributed by atoms with E-state index in [1.807, 2.05) is 0 Å². The smallest absolute Gasteiger partial charge is 0.315 e. The van der Waals surface area contributed by atoms with Crippen LogP contribution >= 0.6 is 0 Å². The molecule has 0 fully saturated rings. The molecule has 0 amide bonds. The minimum Gasteiger partial charge on any atom is -0.439 e. The molecule has 0 aliphatic carbocycles. The third kappa shape index (κ3) is 11.1. The zero-order valence-electron chi connectivity index (χ0n) is 14.0. The first-order valence-electron chi connectivity index (χ1n) is 7.13. The van der Waals surface area contributed by atoms with Gasteiger partial charge in [0.2, 0.25) is 0 Å². The van der Waals surface area contributed by atoms with Crippen LogP contribution in [0.25, 0.3) is 0 Å². The molecular formula is C11H33NO3Si4. The van der Waals surface area contributed by atoms with E-state index in [0.29, 0.717) is 6.54 Å². The fraction of sp³-hybridized carbons (Fsp3) is 1.00. The van der Waals surface area contributed by atoms with Crippen molar-refractivity contribution < 1.29 is 12.3 Å². The highest BCUT2D eigenvalue weighted by atomic mass is 28.5. The normalized spacial score (nSPS) is 18.2. The Morgan fingerprint density at radius 2 is 1.42 bits per heavy atom. The highest BCUT2D eigenvalue weighted by Crippen LogP contribution is 2.23. The number of hydrogen-bond acceptors (Lipinski definition) is 4. The second kappa shape index (κ2) is 7.64. The summed E-state index contributed by atoms with van der Waals surface area (Å²) in [5.41, 5.74) is 5.64. The maximum atomic E-state index is 6.38. The average Bonchev–Trinajstić information content (AvgIpc) is 2.07. The van der Waals surface area contributed by atoms with E-state index in [4.69, 9.17) is 18.1 Å². The van der Waals surface area contributed by atoms with E-state index in [1.165, 1.54) is 0 Å². The summed E-state index contributed by atoms with van der Waals surface area (Å²) >= 11 is 0. The van der Waals surface area contributed by atoms with Gasteiger partial charge in [0.1, 0.15) is 0 Å². The molecule has 2 atom stereocenters. The minimum absolute atomic E-state index is 0.700. The number of hydrogen-bond donors (Lipinski definition) is 1. The summed E-state index contributed by atoms with van der Waals surface area (Å²) in [5.74, 6) is 0. The lowest BCUT2D eigenvalue weighted by atomic mass is 10.5. The van der Waals surface area contributed by atoms with Gasteiger partial charge in [-0.05, 0) is 71.4 Å². The van der Waals surface area contributed by atoms with E-state index in [1.54, 1.807) is 0 Å². The molecule has 0 saturated heterocycles.